The van der Waals surface area contributed by atoms with Crippen LogP contribution in [-0.4, -0.2) is 13.0 Å². The largest absolute Gasteiger partial charge is 0.495 e. The van der Waals surface area contributed by atoms with Crippen LogP contribution >= 0.6 is 0 Å². The van der Waals surface area contributed by atoms with E-state index in [2.05, 4.69) is 22.8 Å². The van der Waals surface area contributed by atoms with Crippen LogP contribution in [-0.2, 0) is 4.79 Å². The average Bonchev–Trinajstić information content (AvgIpc) is 3.01. The average molecular weight is 342 g/mol. The predicted octanol–water partition coefficient (Wildman–Crippen LogP) is 4.77. The van der Waals surface area contributed by atoms with E-state index in [4.69, 9.17) is 4.74 Å². The van der Waals surface area contributed by atoms with Crippen LogP contribution < -0.4 is 15.4 Å². The molecule has 0 saturated carbocycles. The Labute approximate surface area is 152 Å². The molecule has 1 aliphatic heterocycles. The standard InChI is InChI=1S/C22H18N2O2/c1-26-21-10-6-5-9-19(21)23-14-18-17-12-11-16(13-20(17)24-22(18)25)15-7-3-2-4-8-15/h2-14,23H,1H3,(H,24,25)/b18-14+. The zero-order valence-corrected chi connectivity index (χ0v) is 14.3. The summed E-state index contributed by atoms with van der Waals surface area (Å²) in [5, 5.41) is 6.12. The van der Waals surface area contributed by atoms with Gasteiger partial charge in [-0.3, -0.25) is 4.79 Å². The number of nitrogens with one attached hydrogen (secondary N) is 2. The van der Waals surface area contributed by atoms with Gasteiger partial charge in [-0.05, 0) is 29.3 Å². The third-order valence-electron chi connectivity index (χ3n) is 4.39. The molecule has 4 heteroatoms. The number of fused-ring (bicyclic) bond motifs is 1. The summed E-state index contributed by atoms with van der Waals surface area (Å²) in [5.41, 5.74) is 5.31. The molecule has 1 amide bonds. The summed E-state index contributed by atoms with van der Waals surface area (Å²) in [6.45, 7) is 0. The van der Waals surface area contributed by atoms with Crippen molar-refractivity contribution < 1.29 is 9.53 Å². The number of rotatable bonds is 4. The van der Waals surface area contributed by atoms with Crippen molar-refractivity contribution in [3.05, 3.63) is 84.6 Å². The quantitative estimate of drug-likeness (QED) is 0.672. The van der Waals surface area contributed by atoms with Crippen LogP contribution in [0.15, 0.2) is 79.0 Å². The van der Waals surface area contributed by atoms with Gasteiger partial charge in [-0.15, -0.1) is 0 Å². The molecule has 3 aromatic rings. The van der Waals surface area contributed by atoms with Crippen molar-refractivity contribution in [2.75, 3.05) is 17.7 Å². The molecule has 0 aromatic heterocycles. The van der Waals surface area contributed by atoms with Gasteiger partial charge in [-0.2, -0.15) is 0 Å². The molecule has 128 valence electrons. The minimum Gasteiger partial charge on any atom is -0.495 e. The van der Waals surface area contributed by atoms with E-state index >= 15 is 0 Å². The highest BCUT2D eigenvalue weighted by molar-refractivity contribution is 6.31. The normalized spacial score (nSPS) is 14.0. The first-order valence-corrected chi connectivity index (χ1v) is 8.37. The topological polar surface area (TPSA) is 50.4 Å². The lowest BCUT2D eigenvalue weighted by molar-refractivity contribution is -0.110. The Morgan fingerprint density at radius 2 is 1.69 bits per heavy atom. The van der Waals surface area contributed by atoms with Crippen LogP contribution in [0.5, 0.6) is 5.75 Å². The Balaban J connectivity index is 1.65. The fourth-order valence-electron chi connectivity index (χ4n) is 3.06. The van der Waals surface area contributed by atoms with Crippen LogP contribution in [0.2, 0.25) is 0 Å². The molecule has 0 spiro atoms. The number of para-hydroxylation sites is 2. The predicted molar refractivity (Wildman–Crippen MR) is 105 cm³/mol. The van der Waals surface area contributed by atoms with E-state index in [1.54, 1.807) is 13.3 Å². The monoisotopic (exact) mass is 342 g/mol. The van der Waals surface area contributed by atoms with Crippen molar-refractivity contribution in [3.8, 4) is 16.9 Å². The van der Waals surface area contributed by atoms with Crippen molar-refractivity contribution in [1.82, 2.24) is 0 Å². The molecule has 0 atom stereocenters. The van der Waals surface area contributed by atoms with Gasteiger partial charge in [0.05, 0.1) is 18.4 Å². The number of hydrogen-bond donors (Lipinski definition) is 2. The Kier molecular flexibility index (Phi) is 4.15. The van der Waals surface area contributed by atoms with Crippen molar-refractivity contribution in [2.24, 2.45) is 0 Å². The Morgan fingerprint density at radius 3 is 2.50 bits per heavy atom. The smallest absolute Gasteiger partial charge is 0.257 e. The van der Waals surface area contributed by atoms with Crippen molar-refractivity contribution in [3.63, 3.8) is 0 Å². The SMILES string of the molecule is COc1ccccc1N/C=C1/C(=O)Nc2cc(-c3ccccc3)ccc21. The van der Waals surface area contributed by atoms with E-state index in [-0.39, 0.29) is 5.91 Å². The number of ether oxygens (including phenoxy) is 1. The molecule has 0 bridgehead atoms. The summed E-state index contributed by atoms with van der Waals surface area (Å²) in [7, 11) is 1.62. The van der Waals surface area contributed by atoms with Gasteiger partial charge in [-0.25, -0.2) is 0 Å². The molecule has 3 aromatic carbocycles. The fraction of sp³-hybridized carbons (Fsp3) is 0.0455. The van der Waals surface area contributed by atoms with Crippen molar-refractivity contribution in [1.29, 1.82) is 0 Å². The molecule has 0 saturated heterocycles. The third kappa shape index (κ3) is 2.93. The first-order chi connectivity index (χ1) is 12.8. The number of amides is 1. The van der Waals surface area contributed by atoms with Gasteiger partial charge in [0, 0.05) is 17.5 Å². The molecule has 1 aliphatic rings. The summed E-state index contributed by atoms with van der Waals surface area (Å²) >= 11 is 0. The van der Waals surface area contributed by atoms with E-state index in [1.807, 2.05) is 60.7 Å². The number of carbonyl (C=O) groups is 1. The summed E-state index contributed by atoms with van der Waals surface area (Å²) < 4.78 is 5.33. The fourth-order valence-corrected chi connectivity index (χ4v) is 3.06. The van der Waals surface area contributed by atoms with Crippen molar-refractivity contribution >= 4 is 22.9 Å². The Hall–Kier alpha value is -3.53. The summed E-state index contributed by atoms with van der Waals surface area (Å²) in [4.78, 5) is 12.4. The Morgan fingerprint density at radius 1 is 0.923 bits per heavy atom. The maximum absolute atomic E-state index is 12.4. The summed E-state index contributed by atoms with van der Waals surface area (Å²) in [6.07, 6.45) is 1.72. The lowest BCUT2D eigenvalue weighted by Crippen LogP contribution is -2.05. The summed E-state index contributed by atoms with van der Waals surface area (Å²) in [5.74, 6) is 0.606. The third-order valence-corrected chi connectivity index (χ3v) is 4.39. The maximum Gasteiger partial charge on any atom is 0.257 e. The van der Waals surface area contributed by atoms with Gasteiger partial charge >= 0.3 is 0 Å². The Bertz CT molecular complexity index is 994. The maximum atomic E-state index is 12.4. The molecule has 0 aliphatic carbocycles. The molecule has 1 heterocycles. The van der Waals surface area contributed by atoms with Gasteiger partial charge in [0.2, 0.25) is 0 Å². The highest BCUT2D eigenvalue weighted by Crippen LogP contribution is 2.35. The van der Waals surface area contributed by atoms with Crippen LogP contribution in [0.25, 0.3) is 16.7 Å². The highest BCUT2D eigenvalue weighted by atomic mass is 16.5. The molecule has 0 unspecified atom stereocenters. The number of benzene rings is 3. The first kappa shape index (κ1) is 16.0. The van der Waals surface area contributed by atoms with E-state index in [0.29, 0.717) is 5.57 Å². The zero-order chi connectivity index (χ0) is 17.9. The molecule has 26 heavy (non-hydrogen) atoms. The molecule has 4 rings (SSSR count). The van der Waals surface area contributed by atoms with Gasteiger partial charge in [0.25, 0.3) is 5.91 Å². The molecule has 2 N–H and O–H groups in total. The molecule has 0 radical (unpaired) electrons. The highest BCUT2D eigenvalue weighted by Gasteiger charge is 2.24. The second-order valence-corrected chi connectivity index (χ2v) is 5.98. The van der Waals surface area contributed by atoms with Crippen LogP contribution in [0.3, 0.4) is 0 Å². The molecule has 0 fully saturated rings. The summed E-state index contributed by atoms with van der Waals surface area (Å²) in [6, 6.07) is 23.7. The van der Waals surface area contributed by atoms with Gasteiger partial charge < -0.3 is 15.4 Å². The molecular formula is C22H18N2O2. The zero-order valence-electron chi connectivity index (χ0n) is 14.3. The van der Waals surface area contributed by atoms with E-state index < -0.39 is 0 Å². The molecular weight excluding hydrogens is 324 g/mol. The number of carbonyl (C=O) groups excluding carboxylic acids is 1. The van der Waals surface area contributed by atoms with Crippen LogP contribution in [0.1, 0.15) is 5.56 Å². The number of methoxy groups -OCH3 is 1. The van der Waals surface area contributed by atoms with Crippen LogP contribution in [0, 0.1) is 0 Å². The van der Waals surface area contributed by atoms with E-state index in [0.717, 1.165) is 33.8 Å². The van der Waals surface area contributed by atoms with Gasteiger partial charge in [0.15, 0.2) is 0 Å². The number of anilines is 2. The van der Waals surface area contributed by atoms with Gasteiger partial charge in [0.1, 0.15) is 5.75 Å². The molecule has 4 nitrogen and oxygen atoms in total. The van der Waals surface area contributed by atoms with E-state index in [9.17, 15) is 4.79 Å². The lowest BCUT2D eigenvalue weighted by Gasteiger charge is -2.08. The second kappa shape index (κ2) is 6.76. The number of hydrogen-bond acceptors (Lipinski definition) is 3. The van der Waals surface area contributed by atoms with Crippen molar-refractivity contribution in [2.45, 2.75) is 0 Å². The lowest BCUT2D eigenvalue weighted by atomic mass is 10.0. The minimum atomic E-state index is -0.118. The first-order valence-electron chi connectivity index (χ1n) is 8.37. The second-order valence-electron chi connectivity index (χ2n) is 5.98. The van der Waals surface area contributed by atoms with Crippen LogP contribution in [0.4, 0.5) is 11.4 Å². The van der Waals surface area contributed by atoms with Gasteiger partial charge in [-0.1, -0.05) is 54.6 Å². The minimum absolute atomic E-state index is 0.118. The van der Waals surface area contributed by atoms with E-state index in [1.165, 1.54) is 0 Å².